The van der Waals surface area contributed by atoms with E-state index in [0.717, 1.165) is 33.3 Å². The van der Waals surface area contributed by atoms with Crippen molar-refractivity contribution in [3.8, 4) is 34.1 Å². The van der Waals surface area contributed by atoms with E-state index in [9.17, 15) is 0 Å². The molecule has 0 saturated carbocycles. The SMILES string of the molecule is Cc1ccc(-c2noc(-c3cc(-c4ccncc4)nc4ccccc34)n2)cc1. The highest BCUT2D eigenvalue weighted by molar-refractivity contribution is 5.94. The lowest BCUT2D eigenvalue weighted by Crippen LogP contribution is -1.90. The fourth-order valence-corrected chi connectivity index (χ4v) is 3.18. The van der Waals surface area contributed by atoms with Gasteiger partial charge in [-0.05, 0) is 31.2 Å². The summed E-state index contributed by atoms with van der Waals surface area (Å²) in [6, 6.07) is 21.9. The van der Waals surface area contributed by atoms with E-state index in [0.29, 0.717) is 11.7 Å². The van der Waals surface area contributed by atoms with Crippen LogP contribution in [-0.2, 0) is 0 Å². The van der Waals surface area contributed by atoms with Crippen molar-refractivity contribution in [3.63, 3.8) is 0 Å². The van der Waals surface area contributed by atoms with Gasteiger partial charge in [-0.15, -0.1) is 0 Å². The van der Waals surface area contributed by atoms with E-state index in [1.807, 2.05) is 66.7 Å². The summed E-state index contributed by atoms with van der Waals surface area (Å²) in [5, 5.41) is 5.16. The molecule has 5 rings (SSSR count). The van der Waals surface area contributed by atoms with Gasteiger partial charge in [0.2, 0.25) is 5.82 Å². The van der Waals surface area contributed by atoms with Gasteiger partial charge >= 0.3 is 0 Å². The van der Waals surface area contributed by atoms with Crippen LogP contribution in [0.3, 0.4) is 0 Å². The van der Waals surface area contributed by atoms with Crippen LogP contribution in [0.5, 0.6) is 0 Å². The van der Waals surface area contributed by atoms with Crippen LogP contribution in [0.4, 0.5) is 0 Å². The number of aryl methyl sites for hydroxylation is 1. The smallest absolute Gasteiger partial charge is 0.259 e. The van der Waals surface area contributed by atoms with E-state index in [4.69, 9.17) is 9.51 Å². The number of aromatic nitrogens is 4. The Bertz CT molecular complexity index is 1260. The maximum Gasteiger partial charge on any atom is 0.259 e. The third-order valence-corrected chi connectivity index (χ3v) is 4.66. The van der Waals surface area contributed by atoms with E-state index >= 15 is 0 Å². The molecule has 0 saturated heterocycles. The molecule has 28 heavy (non-hydrogen) atoms. The van der Waals surface area contributed by atoms with Crippen LogP contribution >= 0.6 is 0 Å². The van der Waals surface area contributed by atoms with Gasteiger partial charge in [-0.25, -0.2) is 4.98 Å². The van der Waals surface area contributed by atoms with Gasteiger partial charge in [0.1, 0.15) is 0 Å². The van der Waals surface area contributed by atoms with Crippen molar-refractivity contribution in [1.29, 1.82) is 0 Å². The first-order valence-electron chi connectivity index (χ1n) is 8.99. The summed E-state index contributed by atoms with van der Waals surface area (Å²) in [5.41, 5.74) is 5.68. The molecule has 5 aromatic rings. The topological polar surface area (TPSA) is 64.7 Å². The highest BCUT2D eigenvalue weighted by Gasteiger charge is 2.16. The molecule has 2 aromatic carbocycles. The minimum atomic E-state index is 0.476. The summed E-state index contributed by atoms with van der Waals surface area (Å²) in [7, 11) is 0. The van der Waals surface area contributed by atoms with Crippen LogP contribution in [0.25, 0.3) is 45.0 Å². The molecule has 5 nitrogen and oxygen atoms in total. The third kappa shape index (κ3) is 2.93. The van der Waals surface area contributed by atoms with Gasteiger partial charge < -0.3 is 4.52 Å². The second kappa shape index (κ2) is 6.70. The van der Waals surface area contributed by atoms with Crippen LogP contribution in [0.15, 0.2) is 83.6 Å². The average Bonchev–Trinajstić information content (AvgIpc) is 3.24. The predicted octanol–water partition coefficient (Wildman–Crippen LogP) is 5.32. The molecule has 0 amide bonds. The number of rotatable bonds is 3. The molecule has 0 aliphatic heterocycles. The van der Waals surface area contributed by atoms with Crippen LogP contribution < -0.4 is 0 Å². The molecule has 0 N–H and O–H groups in total. The third-order valence-electron chi connectivity index (χ3n) is 4.66. The number of hydrogen-bond acceptors (Lipinski definition) is 5. The normalized spacial score (nSPS) is 11.0. The van der Waals surface area contributed by atoms with Gasteiger partial charge in [0.25, 0.3) is 5.89 Å². The lowest BCUT2D eigenvalue weighted by atomic mass is 10.0. The van der Waals surface area contributed by atoms with Crippen LogP contribution in [0.2, 0.25) is 0 Å². The Morgan fingerprint density at radius 1 is 0.786 bits per heavy atom. The van der Waals surface area contributed by atoms with Gasteiger partial charge in [0.15, 0.2) is 0 Å². The molecule has 0 aliphatic rings. The lowest BCUT2D eigenvalue weighted by molar-refractivity contribution is 0.432. The molecule has 3 aromatic heterocycles. The van der Waals surface area contributed by atoms with E-state index < -0.39 is 0 Å². The molecule has 0 bridgehead atoms. The van der Waals surface area contributed by atoms with Crippen molar-refractivity contribution in [2.75, 3.05) is 0 Å². The highest BCUT2D eigenvalue weighted by atomic mass is 16.5. The van der Waals surface area contributed by atoms with Crippen molar-refractivity contribution in [1.82, 2.24) is 20.1 Å². The highest BCUT2D eigenvalue weighted by Crippen LogP contribution is 2.32. The molecule has 0 radical (unpaired) electrons. The van der Waals surface area contributed by atoms with Crippen molar-refractivity contribution in [3.05, 3.63) is 84.7 Å². The Morgan fingerprint density at radius 2 is 1.57 bits per heavy atom. The van der Waals surface area contributed by atoms with Gasteiger partial charge in [-0.1, -0.05) is 53.2 Å². The van der Waals surface area contributed by atoms with Gasteiger partial charge in [-0.2, -0.15) is 4.98 Å². The Hall–Kier alpha value is -3.86. The summed E-state index contributed by atoms with van der Waals surface area (Å²) in [4.78, 5) is 13.5. The van der Waals surface area contributed by atoms with E-state index in [1.165, 1.54) is 5.56 Å². The first-order chi connectivity index (χ1) is 13.8. The summed E-state index contributed by atoms with van der Waals surface area (Å²) in [6.07, 6.45) is 3.52. The summed E-state index contributed by atoms with van der Waals surface area (Å²) < 4.78 is 5.63. The van der Waals surface area contributed by atoms with Crippen LogP contribution in [0, 0.1) is 6.92 Å². The second-order valence-corrected chi connectivity index (χ2v) is 6.60. The maximum atomic E-state index is 5.63. The average molecular weight is 364 g/mol. The number of nitrogens with zero attached hydrogens (tertiary/aromatic N) is 4. The molecule has 5 heteroatoms. The Morgan fingerprint density at radius 3 is 2.39 bits per heavy atom. The lowest BCUT2D eigenvalue weighted by Gasteiger charge is -2.07. The number of para-hydroxylation sites is 1. The zero-order valence-electron chi connectivity index (χ0n) is 15.2. The second-order valence-electron chi connectivity index (χ2n) is 6.60. The molecule has 0 aliphatic carbocycles. The molecule has 3 heterocycles. The molecule has 134 valence electrons. The molecule has 0 unspecified atom stereocenters. The van der Waals surface area contributed by atoms with Gasteiger partial charge in [-0.3, -0.25) is 4.98 Å². The van der Waals surface area contributed by atoms with Gasteiger partial charge in [0, 0.05) is 28.9 Å². The quantitative estimate of drug-likeness (QED) is 0.433. The summed E-state index contributed by atoms with van der Waals surface area (Å²) >= 11 is 0. The first-order valence-corrected chi connectivity index (χ1v) is 8.99. The minimum absolute atomic E-state index is 0.476. The number of benzene rings is 2. The molecule has 0 atom stereocenters. The Kier molecular flexibility index (Phi) is 3.91. The fourth-order valence-electron chi connectivity index (χ4n) is 3.18. The van der Waals surface area contributed by atoms with Crippen molar-refractivity contribution in [2.24, 2.45) is 0 Å². The van der Waals surface area contributed by atoms with Gasteiger partial charge in [0.05, 0.1) is 16.8 Å². The maximum absolute atomic E-state index is 5.63. The fraction of sp³-hybridized carbons (Fsp3) is 0.0435. The summed E-state index contributed by atoms with van der Waals surface area (Å²) in [5.74, 6) is 1.05. The van der Waals surface area contributed by atoms with Crippen molar-refractivity contribution < 1.29 is 4.52 Å². The first kappa shape index (κ1) is 16.3. The van der Waals surface area contributed by atoms with E-state index in [1.54, 1.807) is 12.4 Å². The predicted molar refractivity (Wildman–Crippen MR) is 108 cm³/mol. The van der Waals surface area contributed by atoms with Crippen molar-refractivity contribution in [2.45, 2.75) is 6.92 Å². The van der Waals surface area contributed by atoms with Crippen molar-refractivity contribution >= 4 is 10.9 Å². The standard InChI is InChI=1S/C23H16N4O/c1-15-6-8-17(9-7-15)22-26-23(28-27-22)19-14-21(16-10-12-24-13-11-16)25-20-5-3-2-4-18(19)20/h2-14H,1H3. The minimum Gasteiger partial charge on any atom is -0.334 e. The molecular formula is C23H16N4O. The zero-order chi connectivity index (χ0) is 18.9. The summed E-state index contributed by atoms with van der Waals surface area (Å²) in [6.45, 7) is 2.05. The Labute approximate surface area is 161 Å². The Balaban J connectivity index is 1.67. The zero-order valence-corrected chi connectivity index (χ0v) is 15.2. The number of hydrogen-bond donors (Lipinski definition) is 0. The van der Waals surface area contributed by atoms with Crippen LogP contribution in [0.1, 0.15) is 5.56 Å². The monoisotopic (exact) mass is 364 g/mol. The molecular weight excluding hydrogens is 348 g/mol. The number of fused-ring (bicyclic) bond motifs is 1. The van der Waals surface area contributed by atoms with E-state index in [-0.39, 0.29) is 0 Å². The van der Waals surface area contributed by atoms with E-state index in [2.05, 4.69) is 22.0 Å². The van der Waals surface area contributed by atoms with Crippen LogP contribution in [-0.4, -0.2) is 20.1 Å². The molecule has 0 fully saturated rings. The molecule has 0 spiro atoms. The number of pyridine rings is 2. The largest absolute Gasteiger partial charge is 0.334 e.